The molecule has 2 aromatic heterocycles. The van der Waals surface area contributed by atoms with E-state index < -0.39 is 5.63 Å². The number of aryl methyl sites for hydroxylation is 2. The van der Waals surface area contributed by atoms with Gasteiger partial charge in [0.2, 0.25) is 0 Å². The first-order valence-corrected chi connectivity index (χ1v) is 8.83. The van der Waals surface area contributed by atoms with Gasteiger partial charge < -0.3 is 14.1 Å². The number of hydrogen-bond donors (Lipinski definition) is 1. The summed E-state index contributed by atoms with van der Waals surface area (Å²) >= 11 is 1.57. The van der Waals surface area contributed by atoms with E-state index in [9.17, 15) is 9.90 Å². The molecule has 1 fully saturated rings. The third kappa shape index (κ3) is 2.58. The lowest BCUT2D eigenvalue weighted by Crippen LogP contribution is -2.02. The first kappa shape index (κ1) is 15.3. The summed E-state index contributed by atoms with van der Waals surface area (Å²) in [6.07, 6.45) is 2.34. The lowest BCUT2D eigenvalue weighted by Gasteiger charge is -2.09. The van der Waals surface area contributed by atoms with E-state index in [1.807, 2.05) is 6.92 Å². The molecule has 3 aromatic rings. The number of fused-ring (bicyclic) bond motifs is 1. The topological polar surface area (TPSA) is 81.2 Å². The second kappa shape index (κ2) is 5.66. The van der Waals surface area contributed by atoms with Crippen LogP contribution in [0.15, 0.2) is 32.6 Å². The Bertz CT molecular complexity index is 989. The number of aromatic nitrogens is 3. The number of nitrogens with zero attached hydrogens (tertiary/aromatic N) is 3. The zero-order valence-electron chi connectivity index (χ0n) is 13.4. The molecule has 0 spiro atoms. The first-order valence-electron chi connectivity index (χ1n) is 7.84. The summed E-state index contributed by atoms with van der Waals surface area (Å²) in [5, 5.41) is 20.0. The Labute approximate surface area is 142 Å². The van der Waals surface area contributed by atoms with Gasteiger partial charge in [-0.2, -0.15) is 0 Å². The van der Waals surface area contributed by atoms with Gasteiger partial charge in [-0.15, -0.1) is 10.2 Å². The number of benzene rings is 1. The second-order valence-electron chi connectivity index (χ2n) is 6.10. The first-order chi connectivity index (χ1) is 11.5. The fraction of sp³-hybridized carbons (Fsp3) is 0.353. The molecule has 1 N–H and O–H groups in total. The molecule has 0 aliphatic heterocycles. The van der Waals surface area contributed by atoms with Gasteiger partial charge in [0.1, 0.15) is 17.2 Å². The minimum atomic E-state index is -0.411. The number of phenolic OH excluding ortho intramolecular Hbond substituents is 1. The molecule has 7 heteroatoms. The van der Waals surface area contributed by atoms with Gasteiger partial charge in [-0.25, -0.2) is 4.79 Å². The molecule has 1 aromatic carbocycles. The largest absolute Gasteiger partial charge is 0.508 e. The standard InChI is InChI=1S/C17H17N3O3S/c1-9-14(21)6-5-13-11(7-15(22)23-16(9)13)8-24-17-19-18-10(2)20(17)12-3-4-12/h5-7,12,21H,3-4,8H2,1-2H3. The van der Waals surface area contributed by atoms with Gasteiger partial charge in [0, 0.05) is 28.8 Å². The van der Waals surface area contributed by atoms with Gasteiger partial charge in [-0.1, -0.05) is 11.8 Å². The Morgan fingerprint density at radius 1 is 1.33 bits per heavy atom. The van der Waals surface area contributed by atoms with Crippen LogP contribution in [0.5, 0.6) is 5.75 Å². The summed E-state index contributed by atoms with van der Waals surface area (Å²) in [6.45, 7) is 3.71. The molecule has 1 saturated carbocycles. The van der Waals surface area contributed by atoms with E-state index >= 15 is 0 Å². The summed E-state index contributed by atoms with van der Waals surface area (Å²) < 4.78 is 7.46. The van der Waals surface area contributed by atoms with Crippen molar-refractivity contribution < 1.29 is 9.52 Å². The van der Waals surface area contributed by atoms with E-state index in [1.165, 1.54) is 18.9 Å². The predicted octanol–water partition coefficient (Wildman–Crippen LogP) is 3.33. The van der Waals surface area contributed by atoms with Crippen molar-refractivity contribution in [1.82, 2.24) is 14.8 Å². The molecular formula is C17H17N3O3S. The van der Waals surface area contributed by atoms with Crippen LogP contribution in [0.1, 0.15) is 35.8 Å². The molecule has 4 rings (SSSR count). The van der Waals surface area contributed by atoms with Gasteiger partial charge in [0.05, 0.1) is 0 Å². The van der Waals surface area contributed by atoms with Crippen molar-refractivity contribution in [3.8, 4) is 5.75 Å². The predicted molar refractivity (Wildman–Crippen MR) is 91.5 cm³/mol. The highest BCUT2D eigenvalue weighted by Gasteiger charge is 2.28. The zero-order valence-corrected chi connectivity index (χ0v) is 14.3. The SMILES string of the molecule is Cc1c(O)ccc2c(CSc3nnc(C)n3C3CC3)cc(=O)oc12. The monoisotopic (exact) mass is 343 g/mol. The molecule has 1 aliphatic carbocycles. The Kier molecular flexibility index (Phi) is 3.60. The summed E-state index contributed by atoms with van der Waals surface area (Å²) in [7, 11) is 0. The van der Waals surface area contributed by atoms with Crippen LogP contribution in [-0.2, 0) is 5.75 Å². The van der Waals surface area contributed by atoms with E-state index in [0.29, 0.717) is 22.9 Å². The molecule has 0 radical (unpaired) electrons. The summed E-state index contributed by atoms with van der Waals surface area (Å²) in [4.78, 5) is 11.9. The lowest BCUT2D eigenvalue weighted by molar-refractivity contribution is 0.468. The van der Waals surface area contributed by atoms with Gasteiger partial charge in [0.15, 0.2) is 5.16 Å². The van der Waals surface area contributed by atoms with E-state index in [4.69, 9.17) is 4.42 Å². The number of hydrogen-bond acceptors (Lipinski definition) is 6. The quantitative estimate of drug-likeness (QED) is 0.578. The van der Waals surface area contributed by atoms with Crippen LogP contribution < -0.4 is 5.63 Å². The minimum absolute atomic E-state index is 0.125. The van der Waals surface area contributed by atoms with Crippen molar-refractivity contribution in [2.45, 2.75) is 43.6 Å². The average Bonchev–Trinajstić information content (AvgIpc) is 3.32. The molecule has 0 bridgehead atoms. The molecule has 0 unspecified atom stereocenters. The van der Waals surface area contributed by atoms with Gasteiger partial charge >= 0.3 is 5.63 Å². The Morgan fingerprint density at radius 3 is 2.88 bits per heavy atom. The van der Waals surface area contributed by atoms with Crippen LogP contribution >= 0.6 is 11.8 Å². The summed E-state index contributed by atoms with van der Waals surface area (Å²) in [5.74, 6) is 1.65. The highest BCUT2D eigenvalue weighted by atomic mass is 32.2. The molecule has 1 aliphatic rings. The second-order valence-corrected chi connectivity index (χ2v) is 7.04. The fourth-order valence-corrected chi connectivity index (χ4v) is 3.92. The van der Waals surface area contributed by atoms with E-state index in [0.717, 1.165) is 21.9 Å². The number of phenols is 1. The Balaban J connectivity index is 1.70. The third-order valence-electron chi connectivity index (χ3n) is 4.32. The van der Waals surface area contributed by atoms with Crippen molar-refractivity contribution >= 4 is 22.7 Å². The smallest absolute Gasteiger partial charge is 0.336 e. The molecule has 24 heavy (non-hydrogen) atoms. The van der Waals surface area contributed by atoms with Crippen molar-refractivity contribution in [2.75, 3.05) is 0 Å². The van der Waals surface area contributed by atoms with Crippen molar-refractivity contribution in [3.63, 3.8) is 0 Å². The highest BCUT2D eigenvalue weighted by Crippen LogP contribution is 2.39. The van der Waals surface area contributed by atoms with Gasteiger partial charge in [-0.3, -0.25) is 0 Å². The molecule has 124 valence electrons. The molecule has 2 heterocycles. The maximum Gasteiger partial charge on any atom is 0.336 e. The van der Waals surface area contributed by atoms with Crippen molar-refractivity contribution in [2.24, 2.45) is 0 Å². The van der Waals surface area contributed by atoms with Crippen LogP contribution in [0.4, 0.5) is 0 Å². The Morgan fingerprint density at radius 2 is 2.12 bits per heavy atom. The number of aromatic hydroxyl groups is 1. The molecule has 0 saturated heterocycles. The third-order valence-corrected chi connectivity index (χ3v) is 5.31. The van der Waals surface area contributed by atoms with E-state index in [-0.39, 0.29) is 5.75 Å². The molecule has 6 nitrogen and oxygen atoms in total. The van der Waals surface area contributed by atoms with Crippen molar-refractivity contribution in [3.05, 3.63) is 45.6 Å². The van der Waals surface area contributed by atoms with E-state index in [1.54, 1.807) is 30.8 Å². The number of rotatable bonds is 4. The maximum atomic E-state index is 11.9. The minimum Gasteiger partial charge on any atom is -0.508 e. The number of thioether (sulfide) groups is 1. The summed E-state index contributed by atoms with van der Waals surface area (Å²) in [5.41, 5.74) is 1.48. The van der Waals surface area contributed by atoms with Gasteiger partial charge in [0.25, 0.3) is 0 Å². The fourth-order valence-electron chi connectivity index (χ4n) is 2.88. The van der Waals surface area contributed by atoms with Crippen LogP contribution in [0, 0.1) is 13.8 Å². The molecule has 0 amide bonds. The van der Waals surface area contributed by atoms with Crippen LogP contribution in [-0.4, -0.2) is 19.9 Å². The Hall–Kier alpha value is -2.28. The van der Waals surface area contributed by atoms with Crippen molar-refractivity contribution in [1.29, 1.82) is 0 Å². The van der Waals surface area contributed by atoms with Gasteiger partial charge in [-0.05, 0) is 44.4 Å². The lowest BCUT2D eigenvalue weighted by atomic mass is 10.1. The van der Waals surface area contributed by atoms with E-state index in [2.05, 4.69) is 14.8 Å². The highest BCUT2D eigenvalue weighted by molar-refractivity contribution is 7.98. The zero-order chi connectivity index (χ0) is 16.8. The van der Waals surface area contributed by atoms with Crippen LogP contribution in [0.2, 0.25) is 0 Å². The average molecular weight is 343 g/mol. The summed E-state index contributed by atoms with van der Waals surface area (Å²) in [6, 6.07) is 5.44. The molecular weight excluding hydrogens is 326 g/mol. The normalized spacial score (nSPS) is 14.4. The maximum absolute atomic E-state index is 11.9. The molecule has 0 atom stereocenters. The van der Waals surface area contributed by atoms with Crippen LogP contribution in [0.3, 0.4) is 0 Å². The van der Waals surface area contributed by atoms with Crippen LogP contribution in [0.25, 0.3) is 11.0 Å².